The van der Waals surface area contributed by atoms with Crippen molar-refractivity contribution in [3.05, 3.63) is 11.3 Å². The Bertz CT molecular complexity index is 350. The Morgan fingerprint density at radius 1 is 1.64 bits per heavy atom. The molecular weight excluding hydrogens is 180 g/mol. The quantitative estimate of drug-likeness (QED) is 0.700. The summed E-state index contributed by atoms with van der Waals surface area (Å²) in [5.41, 5.74) is 6.54. The highest BCUT2D eigenvalue weighted by Crippen LogP contribution is 2.19. The zero-order valence-electron chi connectivity index (χ0n) is 8.45. The largest absolute Gasteiger partial charge is 0.477 e. The van der Waals surface area contributed by atoms with Crippen molar-refractivity contribution in [3.63, 3.8) is 0 Å². The summed E-state index contributed by atoms with van der Waals surface area (Å²) in [4.78, 5) is 0. The molecular formula is C9H14N4O. The van der Waals surface area contributed by atoms with Gasteiger partial charge in [0, 0.05) is 7.05 Å². The molecule has 0 bridgehead atoms. The van der Waals surface area contributed by atoms with Crippen LogP contribution in [-0.2, 0) is 7.05 Å². The summed E-state index contributed by atoms with van der Waals surface area (Å²) in [7, 11) is 1.76. The first kappa shape index (κ1) is 10.5. The van der Waals surface area contributed by atoms with E-state index in [4.69, 9.17) is 15.7 Å². The molecule has 0 amide bonds. The minimum atomic E-state index is 0.504. The molecule has 2 N–H and O–H groups in total. The van der Waals surface area contributed by atoms with Gasteiger partial charge in [-0.1, -0.05) is 0 Å². The van der Waals surface area contributed by atoms with Gasteiger partial charge in [0.15, 0.2) is 0 Å². The van der Waals surface area contributed by atoms with Crippen LogP contribution in [0.4, 0.5) is 0 Å². The van der Waals surface area contributed by atoms with Crippen LogP contribution in [0.1, 0.15) is 17.7 Å². The van der Waals surface area contributed by atoms with Gasteiger partial charge in [0.25, 0.3) is 0 Å². The van der Waals surface area contributed by atoms with Crippen molar-refractivity contribution < 1.29 is 4.74 Å². The lowest BCUT2D eigenvalue weighted by Crippen LogP contribution is -2.08. The summed E-state index contributed by atoms with van der Waals surface area (Å²) in [5, 5.41) is 13.0. The number of aromatic nitrogens is 2. The van der Waals surface area contributed by atoms with E-state index in [1.165, 1.54) is 0 Å². The van der Waals surface area contributed by atoms with Crippen molar-refractivity contribution >= 4 is 0 Å². The van der Waals surface area contributed by atoms with Crippen molar-refractivity contribution in [1.82, 2.24) is 9.78 Å². The number of rotatable bonds is 4. The molecule has 5 nitrogen and oxygen atoms in total. The minimum Gasteiger partial charge on any atom is -0.477 e. The lowest BCUT2D eigenvalue weighted by molar-refractivity contribution is 0.286. The molecule has 0 saturated carbocycles. The van der Waals surface area contributed by atoms with Crippen LogP contribution in [-0.4, -0.2) is 22.9 Å². The maximum Gasteiger partial charge on any atom is 0.230 e. The van der Waals surface area contributed by atoms with E-state index in [-0.39, 0.29) is 0 Å². The molecule has 1 aromatic rings. The van der Waals surface area contributed by atoms with Gasteiger partial charge in [-0.25, -0.2) is 4.68 Å². The van der Waals surface area contributed by atoms with Crippen molar-refractivity contribution in [1.29, 1.82) is 5.26 Å². The van der Waals surface area contributed by atoms with Crippen LogP contribution in [0.2, 0.25) is 0 Å². The van der Waals surface area contributed by atoms with Gasteiger partial charge in [-0.05, 0) is 19.9 Å². The molecule has 0 aromatic carbocycles. The van der Waals surface area contributed by atoms with E-state index in [0.717, 1.165) is 6.42 Å². The monoisotopic (exact) mass is 194 g/mol. The lowest BCUT2D eigenvalue weighted by Gasteiger charge is -2.04. The second-order valence-electron chi connectivity index (χ2n) is 2.99. The summed E-state index contributed by atoms with van der Waals surface area (Å²) in [6.07, 6.45) is 0.773. The molecule has 0 radical (unpaired) electrons. The average molecular weight is 194 g/mol. The Balaban J connectivity index is 2.80. The number of hydrogen-bond acceptors (Lipinski definition) is 4. The van der Waals surface area contributed by atoms with Gasteiger partial charge < -0.3 is 10.5 Å². The first-order chi connectivity index (χ1) is 6.70. The third-order valence-corrected chi connectivity index (χ3v) is 1.87. The van der Waals surface area contributed by atoms with E-state index in [1.807, 2.05) is 0 Å². The average Bonchev–Trinajstić information content (AvgIpc) is 2.42. The number of nitrogens with zero attached hydrogens (tertiary/aromatic N) is 3. The van der Waals surface area contributed by atoms with Gasteiger partial charge in [0.1, 0.15) is 11.6 Å². The standard InChI is InChI=1S/C9H14N4O/c1-7-8(6-11)9(13(2)12-7)14-5-3-4-10/h3-5,10H2,1-2H3. The predicted octanol–water partition coefficient (Wildman–Crippen LogP) is 0.328. The van der Waals surface area contributed by atoms with Crippen LogP contribution in [0.3, 0.4) is 0 Å². The summed E-state index contributed by atoms with van der Waals surface area (Å²) < 4.78 is 6.99. The first-order valence-corrected chi connectivity index (χ1v) is 4.47. The van der Waals surface area contributed by atoms with Crippen LogP contribution < -0.4 is 10.5 Å². The maximum atomic E-state index is 8.86. The minimum absolute atomic E-state index is 0.504. The number of nitriles is 1. The molecule has 1 aromatic heterocycles. The second-order valence-corrected chi connectivity index (χ2v) is 2.99. The fourth-order valence-corrected chi connectivity index (χ4v) is 1.18. The van der Waals surface area contributed by atoms with E-state index in [2.05, 4.69) is 11.2 Å². The molecule has 76 valence electrons. The van der Waals surface area contributed by atoms with Crippen molar-refractivity contribution in [2.24, 2.45) is 12.8 Å². The highest BCUT2D eigenvalue weighted by Gasteiger charge is 2.13. The summed E-state index contributed by atoms with van der Waals surface area (Å²) in [6, 6.07) is 2.07. The molecule has 0 spiro atoms. The molecule has 1 rings (SSSR count). The zero-order valence-corrected chi connectivity index (χ0v) is 8.45. The molecule has 0 aliphatic rings. The molecule has 14 heavy (non-hydrogen) atoms. The molecule has 0 saturated heterocycles. The van der Waals surface area contributed by atoms with Crippen LogP contribution in [0.15, 0.2) is 0 Å². The lowest BCUT2D eigenvalue weighted by atomic mass is 10.3. The molecule has 0 aliphatic heterocycles. The second kappa shape index (κ2) is 4.63. The Labute approximate surface area is 83.1 Å². The third kappa shape index (κ3) is 2.03. The highest BCUT2D eigenvalue weighted by atomic mass is 16.5. The normalized spacial score (nSPS) is 9.86. The van der Waals surface area contributed by atoms with Crippen molar-refractivity contribution in [2.75, 3.05) is 13.2 Å². The number of ether oxygens (including phenoxy) is 1. The van der Waals surface area contributed by atoms with Crippen LogP contribution in [0.5, 0.6) is 5.88 Å². The summed E-state index contributed by atoms with van der Waals surface area (Å²) in [6.45, 7) is 2.89. The van der Waals surface area contributed by atoms with Crippen LogP contribution >= 0.6 is 0 Å². The van der Waals surface area contributed by atoms with Gasteiger partial charge >= 0.3 is 0 Å². The van der Waals surface area contributed by atoms with Crippen LogP contribution in [0, 0.1) is 18.3 Å². The Morgan fingerprint density at radius 2 is 2.36 bits per heavy atom. The van der Waals surface area contributed by atoms with Crippen LogP contribution in [0.25, 0.3) is 0 Å². The maximum absolute atomic E-state index is 8.86. The number of nitrogens with two attached hydrogens (primary N) is 1. The topological polar surface area (TPSA) is 76.9 Å². The molecule has 0 fully saturated rings. The van der Waals surface area contributed by atoms with E-state index in [1.54, 1.807) is 18.7 Å². The van der Waals surface area contributed by atoms with E-state index in [9.17, 15) is 0 Å². The number of hydrogen-bond donors (Lipinski definition) is 1. The molecule has 0 unspecified atom stereocenters. The molecule has 0 atom stereocenters. The third-order valence-electron chi connectivity index (χ3n) is 1.87. The van der Waals surface area contributed by atoms with E-state index >= 15 is 0 Å². The Kier molecular flexibility index (Phi) is 3.48. The fraction of sp³-hybridized carbons (Fsp3) is 0.556. The van der Waals surface area contributed by atoms with E-state index in [0.29, 0.717) is 30.3 Å². The van der Waals surface area contributed by atoms with Gasteiger partial charge in [0.05, 0.1) is 12.3 Å². The highest BCUT2D eigenvalue weighted by molar-refractivity contribution is 5.41. The molecule has 5 heteroatoms. The van der Waals surface area contributed by atoms with Gasteiger partial charge in [-0.2, -0.15) is 10.4 Å². The SMILES string of the molecule is Cc1nn(C)c(OCCCN)c1C#N. The van der Waals surface area contributed by atoms with Gasteiger partial charge in [0.2, 0.25) is 5.88 Å². The molecule has 0 aliphatic carbocycles. The Hall–Kier alpha value is -1.54. The van der Waals surface area contributed by atoms with Gasteiger partial charge in [-0.3, -0.25) is 0 Å². The van der Waals surface area contributed by atoms with Gasteiger partial charge in [-0.15, -0.1) is 0 Å². The first-order valence-electron chi connectivity index (χ1n) is 4.47. The zero-order chi connectivity index (χ0) is 10.6. The van der Waals surface area contributed by atoms with E-state index < -0.39 is 0 Å². The summed E-state index contributed by atoms with van der Waals surface area (Å²) in [5.74, 6) is 0.526. The smallest absolute Gasteiger partial charge is 0.230 e. The van der Waals surface area contributed by atoms with Crippen molar-refractivity contribution in [2.45, 2.75) is 13.3 Å². The fourth-order valence-electron chi connectivity index (χ4n) is 1.18. The summed E-state index contributed by atoms with van der Waals surface area (Å²) >= 11 is 0. The number of aryl methyl sites for hydroxylation is 2. The Morgan fingerprint density at radius 3 is 2.93 bits per heavy atom. The molecule has 1 heterocycles. The van der Waals surface area contributed by atoms with Crippen molar-refractivity contribution in [3.8, 4) is 11.9 Å². The predicted molar refractivity (Wildman–Crippen MR) is 51.8 cm³/mol.